The predicted octanol–water partition coefficient (Wildman–Crippen LogP) is 4.60. The summed E-state index contributed by atoms with van der Waals surface area (Å²) in [5.41, 5.74) is 3.87. The summed E-state index contributed by atoms with van der Waals surface area (Å²) in [7, 11) is 0. The van der Waals surface area contributed by atoms with E-state index in [4.69, 9.17) is 16.8 Å². The van der Waals surface area contributed by atoms with Crippen LogP contribution < -0.4 is 10.5 Å². The summed E-state index contributed by atoms with van der Waals surface area (Å²) in [6, 6.07) is 14.6. The van der Waals surface area contributed by atoms with E-state index in [2.05, 4.69) is 21.7 Å². The number of hydrogen-bond donors (Lipinski definition) is 1. The van der Waals surface area contributed by atoms with Gasteiger partial charge in [-0.3, -0.25) is 4.79 Å². The van der Waals surface area contributed by atoms with Crippen LogP contribution in [0.25, 0.3) is 23.0 Å². The molecule has 6 nitrogen and oxygen atoms in total. The Morgan fingerprint density at radius 3 is 2.50 bits per heavy atom. The molecule has 2 heterocycles. The van der Waals surface area contributed by atoms with Crippen molar-refractivity contribution in [3.8, 4) is 16.9 Å². The lowest BCUT2D eigenvalue weighted by Crippen LogP contribution is -2.31. The average Bonchev–Trinajstić information content (AvgIpc) is 3.29. The Bertz CT molecular complexity index is 1180. The molecule has 1 aliphatic rings. The molecule has 2 aromatic carbocycles. The third-order valence-corrected chi connectivity index (χ3v) is 5.46. The second-order valence-corrected chi connectivity index (χ2v) is 7.52. The zero-order valence-corrected chi connectivity index (χ0v) is 17.1. The molecule has 152 valence electrons. The van der Waals surface area contributed by atoms with Crippen molar-refractivity contribution >= 4 is 29.6 Å². The fourth-order valence-electron chi connectivity index (χ4n) is 3.68. The first kappa shape index (κ1) is 19.9. The van der Waals surface area contributed by atoms with Crippen LogP contribution in [-0.2, 0) is 0 Å². The van der Waals surface area contributed by atoms with Crippen LogP contribution in [-0.4, -0.2) is 34.3 Å². The highest BCUT2D eigenvalue weighted by molar-refractivity contribution is 6.32. The number of hydrogen-bond acceptors (Lipinski definition) is 5. The smallest absolute Gasteiger partial charge is 0.295 e. The molecule has 1 aromatic heterocycles. The molecule has 0 atom stereocenters. The van der Waals surface area contributed by atoms with Gasteiger partial charge in [-0.2, -0.15) is 9.78 Å². The van der Waals surface area contributed by atoms with Crippen molar-refractivity contribution in [2.24, 2.45) is 5.16 Å². The van der Waals surface area contributed by atoms with Crippen LogP contribution in [0.4, 0.5) is 5.69 Å². The summed E-state index contributed by atoms with van der Waals surface area (Å²) in [5.74, 6) is 0. The van der Waals surface area contributed by atoms with Crippen molar-refractivity contribution in [2.75, 3.05) is 18.0 Å². The number of rotatable bonds is 5. The molecule has 0 amide bonds. The lowest BCUT2D eigenvalue weighted by atomic mass is 10.0. The van der Waals surface area contributed by atoms with Gasteiger partial charge in [0.25, 0.3) is 5.56 Å². The van der Waals surface area contributed by atoms with Gasteiger partial charge < -0.3 is 10.1 Å². The van der Waals surface area contributed by atoms with Crippen LogP contribution in [0.2, 0.25) is 5.02 Å². The van der Waals surface area contributed by atoms with Crippen LogP contribution in [0, 0.1) is 0 Å². The molecule has 0 unspecified atom stereocenters. The molecule has 1 aliphatic heterocycles. The molecule has 3 aromatic rings. The van der Waals surface area contributed by atoms with Gasteiger partial charge in [0.2, 0.25) is 0 Å². The Balaban J connectivity index is 1.97. The Kier molecular flexibility index (Phi) is 5.68. The molecule has 7 heteroatoms. The maximum absolute atomic E-state index is 13.3. The number of halogens is 1. The Morgan fingerprint density at radius 2 is 1.80 bits per heavy atom. The van der Waals surface area contributed by atoms with Crippen LogP contribution in [0.15, 0.2) is 65.1 Å². The van der Waals surface area contributed by atoms with Crippen LogP contribution >= 0.6 is 11.6 Å². The van der Waals surface area contributed by atoms with Gasteiger partial charge in [0.1, 0.15) is 5.69 Å². The molecular weight excluding hydrogens is 400 g/mol. The van der Waals surface area contributed by atoms with Gasteiger partial charge in [0.15, 0.2) is 0 Å². The van der Waals surface area contributed by atoms with E-state index >= 15 is 0 Å². The number of oxime groups is 1. The van der Waals surface area contributed by atoms with Crippen molar-refractivity contribution in [1.82, 2.24) is 9.78 Å². The molecule has 0 saturated carbocycles. The molecule has 1 saturated heterocycles. The minimum Gasteiger partial charge on any atom is -0.411 e. The van der Waals surface area contributed by atoms with E-state index in [1.54, 1.807) is 18.2 Å². The Morgan fingerprint density at radius 1 is 1.07 bits per heavy atom. The quantitative estimate of drug-likeness (QED) is 0.372. The first-order valence-electron chi connectivity index (χ1n) is 9.70. The zero-order chi connectivity index (χ0) is 21.1. The first-order valence-corrected chi connectivity index (χ1v) is 10.1. The molecule has 1 fully saturated rings. The summed E-state index contributed by atoms with van der Waals surface area (Å²) < 4.78 is 1.37. The normalized spacial score (nSPS) is 13.8. The molecule has 0 spiro atoms. The second kappa shape index (κ2) is 8.55. The lowest BCUT2D eigenvalue weighted by molar-refractivity contribution is 0.322. The van der Waals surface area contributed by atoms with Gasteiger partial charge in [0.05, 0.1) is 22.6 Å². The van der Waals surface area contributed by atoms with Crippen molar-refractivity contribution < 1.29 is 5.21 Å². The largest absolute Gasteiger partial charge is 0.411 e. The summed E-state index contributed by atoms with van der Waals surface area (Å²) in [6.45, 7) is 5.49. The summed E-state index contributed by atoms with van der Waals surface area (Å²) in [4.78, 5) is 15.4. The number of anilines is 1. The number of para-hydroxylation sites is 1. The second-order valence-electron chi connectivity index (χ2n) is 7.11. The van der Waals surface area contributed by atoms with E-state index in [-0.39, 0.29) is 5.56 Å². The highest BCUT2D eigenvalue weighted by atomic mass is 35.5. The molecule has 0 aliphatic carbocycles. The molecule has 4 rings (SSSR count). The topological polar surface area (TPSA) is 70.7 Å². The van der Waals surface area contributed by atoms with E-state index in [1.807, 2.05) is 36.4 Å². The van der Waals surface area contributed by atoms with Crippen molar-refractivity contribution in [3.05, 3.63) is 81.6 Å². The number of aromatic nitrogens is 2. The minimum atomic E-state index is -0.203. The predicted molar refractivity (Wildman–Crippen MR) is 121 cm³/mol. The van der Waals surface area contributed by atoms with Crippen molar-refractivity contribution in [2.45, 2.75) is 12.8 Å². The van der Waals surface area contributed by atoms with Crippen LogP contribution in [0.1, 0.15) is 24.0 Å². The molecule has 1 N–H and O–H groups in total. The molecular formula is C23H21ClN4O2. The highest BCUT2D eigenvalue weighted by Gasteiger charge is 2.20. The summed E-state index contributed by atoms with van der Waals surface area (Å²) in [6.07, 6.45) is 5.16. The van der Waals surface area contributed by atoms with E-state index in [0.29, 0.717) is 27.7 Å². The van der Waals surface area contributed by atoms with E-state index in [9.17, 15) is 4.79 Å². The van der Waals surface area contributed by atoms with Crippen molar-refractivity contribution in [1.29, 1.82) is 0 Å². The molecule has 0 bridgehead atoms. The third-order valence-electron chi connectivity index (χ3n) is 5.14. The fourth-order valence-corrected chi connectivity index (χ4v) is 3.89. The first-order chi connectivity index (χ1) is 14.6. The van der Waals surface area contributed by atoms with Crippen LogP contribution in [0.5, 0.6) is 0 Å². The van der Waals surface area contributed by atoms with Crippen molar-refractivity contribution in [3.63, 3.8) is 0 Å². The molecule has 0 radical (unpaired) electrons. The number of benzene rings is 2. The van der Waals surface area contributed by atoms with E-state index in [1.165, 1.54) is 10.9 Å². The maximum atomic E-state index is 13.3. The van der Waals surface area contributed by atoms with Gasteiger partial charge in [-0.25, -0.2) is 0 Å². The van der Waals surface area contributed by atoms with Gasteiger partial charge in [-0.15, -0.1) is 0 Å². The third kappa shape index (κ3) is 3.86. The van der Waals surface area contributed by atoms with E-state index < -0.39 is 0 Å². The monoisotopic (exact) mass is 420 g/mol. The van der Waals surface area contributed by atoms with Gasteiger partial charge in [-0.1, -0.05) is 41.5 Å². The highest BCUT2D eigenvalue weighted by Crippen LogP contribution is 2.27. The van der Waals surface area contributed by atoms with Crippen LogP contribution in [0.3, 0.4) is 0 Å². The Labute approximate surface area is 179 Å². The SMILES string of the molecule is C=Cc1cc(/C=N/O)cc(-c2cc(N3CCCC3)c(=O)n(-c3ccccc3Cl)n2)c1. The number of nitrogens with zero attached hydrogens (tertiary/aromatic N) is 4. The van der Waals surface area contributed by atoms with Gasteiger partial charge >= 0.3 is 0 Å². The molecule has 30 heavy (non-hydrogen) atoms. The summed E-state index contributed by atoms with van der Waals surface area (Å²) >= 11 is 6.38. The lowest BCUT2D eigenvalue weighted by Gasteiger charge is -2.19. The zero-order valence-electron chi connectivity index (χ0n) is 16.3. The maximum Gasteiger partial charge on any atom is 0.295 e. The Hall–Kier alpha value is -3.38. The fraction of sp³-hybridized carbons (Fsp3) is 0.174. The summed E-state index contributed by atoms with van der Waals surface area (Å²) in [5, 5.41) is 17.2. The standard InChI is InChI=1S/C23H21ClN4O2/c1-2-16-11-17(15-25-30)13-18(12-16)20-14-22(27-9-5-6-10-27)23(29)28(26-20)21-8-4-3-7-19(21)24/h2-4,7-8,11-15,30H,1,5-6,9-10H2/b25-15+. The van der Waals surface area contributed by atoms with Gasteiger partial charge in [-0.05, 0) is 60.4 Å². The average molecular weight is 421 g/mol. The van der Waals surface area contributed by atoms with Gasteiger partial charge in [0, 0.05) is 18.7 Å². The van der Waals surface area contributed by atoms with E-state index in [0.717, 1.165) is 37.1 Å². The minimum absolute atomic E-state index is 0.203.